The summed E-state index contributed by atoms with van der Waals surface area (Å²) >= 11 is 0. The number of hydrogen-bond donors (Lipinski definition) is 1. The smallest absolute Gasteiger partial charge is 0.125 e. The van der Waals surface area contributed by atoms with Gasteiger partial charge in [-0.3, -0.25) is 0 Å². The molecule has 1 saturated heterocycles. The number of ether oxygens (including phenoxy) is 2. The van der Waals surface area contributed by atoms with E-state index in [0.29, 0.717) is 6.61 Å². The highest BCUT2D eigenvalue weighted by molar-refractivity contribution is 5.43. The molecular formula is C17H28N2O2. The molecule has 1 aliphatic rings. The lowest BCUT2D eigenvalue weighted by Gasteiger charge is -2.30. The van der Waals surface area contributed by atoms with Crippen molar-refractivity contribution in [3.05, 3.63) is 28.8 Å². The minimum atomic E-state index is 0.159. The second-order valence-corrected chi connectivity index (χ2v) is 6.31. The molecule has 0 bridgehead atoms. The van der Waals surface area contributed by atoms with E-state index in [9.17, 15) is 0 Å². The van der Waals surface area contributed by atoms with Gasteiger partial charge in [0.05, 0.1) is 6.61 Å². The molecule has 1 aromatic rings. The van der Waals surface area contributed by atoms with E-state index >= 15 is 0 Å². The second-order valence-electron chi connectivity index (χ2n) is 6.31. The Labute approximate surface area is 128 Å². The van der Waals surface area contributed by atoms with E-state index in [1.54, 1.807) is 0 Å². The zero-order valence-corrected chi connectivity index (χ0v) is 13.7. The molecule has 0 saturated carbocycles. The largest absolute Gasteiger partial charge is 0.490 e. The standard InChI is InChI=1S/C17H28N2O2/c1-12-7-15(9-14(3)18)8-13(2)17(12)21-11-16-10-19(4)5-6-20-16/h7-8,14,16H,5-6,9-11,18H2,1-4H3. The third-order valence-electron chi connectivity index (χ3n) is 3.83. The lowest BCUT2D eigenvalue weighted by Crippen LogP contribution is -2.42. The molecule has 0 aromatic heterocycles. The predicted octanol–water partition coefficient (Wildman–Crippen LogP) is 1.90. The Hall–Kier alpha value is -1.10. The maximum Gasteiger partial charge on any atom is 0.125 e. The molecule has 4 heteroatoms. The molecule has 2 atom stereocenters. The molecule has 1 aromatic carbocycles. The predicted molar refractivity (Wildman–Crippen MR) is 86.0 cm³/mol. The summed E-state index contributed by atoms with van der Waals surface area (Å²) in [5, 5.41) is 0. The molecule has 4 nitrogen and oxygen atoms in total. The van der Waals surface area contributed by atoms with Gasteiger partial charge in [0.15, 0.2) is 0 Å². The molecule has 0 aliphatic carbocycles. The van der Waals surface area contributed by atoms with Gasteiger partial charge in [-0.15, -0.1) is 0 Å². The molecule has 0 amide bonds. The minimum absolute atomic E-state index is 0.159. The van der Waals surface area contributed by atoms with Crippen molar-refractivity contribution in [2.75, 3.05) is 33.4 Å². The highest BCUT2D eigenvalue weighted by Gasteiger charge is 2.19. The van der Waals surface area contributed by atoms with E-state index < -0.39 is 0 Å². The van der Waals surface area contributed by atoms with Gasteiger partial charge in [-0.05, 0) is 50.9 Å². The van der Waals surface area contributed by atoms with Gasteiger partial charge >= 0.3 is 0 Å². The molecule has 0 radical (unpaired) electrons. The molecule has 1 aliphatic heterocycles. The number of aryl methyl sites for hydroxylation is 2. The Bertz CT molecular complexity index is 451. The minimum Gasteiger partial charge on any atom is -0.490 e. The average molecular weight is 292 g/mol. The fraction of sp³-hybridized carbons (Fsp3) is 0.647. The summed E-state index contributed by atoms with van der Waals surface area (Å²) in [6, 6.07) is 4.54. The number of rotatable bonds is 5. The highest BCUT2D eigenvalue weighted by atomic mass is 16.5. The lowest BCUT2D eigenvalue weighted by atomic mass is 10.0. The van der Waals surface area contributed by atoms with Gasteiger partial charge in [0.1, 0.15) is 18.5 Å². The Balaban J connectivity index is 1.99. The third kappa shape index (κ3) is 4.70. The Morgan fingerprint density at radius 1 is 1.38 bits per heavy atom. The fourth-order valence-electron chi connectivity index (χ4n) is 2.90. The van der Waals surface area contributed by atoms with E-state index in [2.05, 4.69) is 37.9 Å². The van der Waals surface area contributed by atoms with Crippen molar-refractivity contribution in [1.82, 2.24) is 4.90 Å². The van der Waals surface area contributed by atoms with Crippen LogP contribution in [0, 0.1) is 13.8 Å². The first-order valence-electron chi connectivity index (χ1n) is 7.74. The van der Waals surface area contributed by atoms with Crippen molar-refractivity contribution < 1.29 is 9.47 Å². The van der Waals surface area contributed by atoms with Crippen LogP contribution in [0.15, 0.2) is 12.1 Å². The monoisotopic (exact) mass is 292 g/mol. The molecule has 2 rings (SSSR count). The number of hydrogen-bond acceptors (Lipinski definition) is 4. The zero-order chi connectivity index (χ0) is 15.4. The van der Waals surface area contributed by atoms with Crippen LogP contribution in [0.2, 0.25) is 0 Å². The average Bonchev–Trinajstić information content (AvgIpc) is 2.37. The van der Waals surface area contributed by atoms with Crippen molar-refractivity contribution >= 4 is 0 Å². The van der Waals surface area contributed by atoms with Gasteiger partial charge < -0.3 is 20.1 Å². The SMILES string of the molecule is Cc1cc(CC(C)N)cc(C)c1OCC1CN(C)CCO1. The number of morpholine rings is 1. The van der Waals surface area contributed by atoms with E-state index in [4.69, 9.17) is 15.2 Å². The second kappa shape index (κ2) is 7.25. The summed E-state index contributed by atoms with van der Waals surface area (Å²) in [5.74, 6) is 0.986. The van der Waals surface area contributed by atoms with Crippen LogP contribution in [0.25, 0.3) is 0 Å². The molecular weight excluding hydrogens is 264 g/mol. The van der Waals surface area contributed by atoms with Gasteiger partial charge in [0, 0.05) is 19.1 Å². The quantitative estimate of drug-likeness (QED) is 0.900. The summed E-state index contributed by atoms with van der Waals surface area (Å²) < 4.78 is 11.8. The lowest BCUT2D eigenvalue weighted by molar-refractivity contribution is -0.0405. The van der Waals surface area contributed by atoms with Crippen LogP contribution < -0.4 is 10.5 Å². The molecule has 118 valence electrons. The van der Waals surface area contributed by atoms with E-state index in [0.717, 1.165) is 31.9 Å². The highest BCUT2D eigenvalue weighted by Crippen LogP contribution is 2.26. The molecule has 1 fully saturated rings. The number of likely N-dealkylation sites (N-methyl/N-ethyl adjacent to an activating group) is 1. The van der Waals surface area contributed by atoms with Crippen LogP contribution in [0.5, 0.6) is 5.75 Å². The van der Waals surface area contributed by atoms with E-state index in [1.807, 2.05) is 6.92 Å². The number of nitrogens with two attached hydrogens (primary N) is 1. The van der Waals surface area contributed by atoms with Crippen molar-refractivity contribution in [1.29, 1.82) is 0 Å². The Morgan fingerprint density at radius 2 is 2.05 bits per heavy atom. The Morgan fingerprint density at radius 3 is 2.62 bits per heavy atom. The van der Waals surface area contributed by atoms with Crippen LogP contribution >= 0.6 is 0 Å². The molecule has 1 heterocycles. The summed E-state index contributed by atoms with van der Waals surface area (Å²) in [6.45, 7) is 9.56. The van der Waals surface area contributed by atoms with Crippen LogP contribution in [0.1, 0.15) is 23.6 Å². The van der Waals surface area contributed by atoms with Gasteiger partial charge in [0.2, 0.25) is 0 Å². The van der Waals surface area contributed by atoms with Crippen LogP contribution in [-0.4, -0.2) is 50.4 Å². The van der Waals surface area contributed by atoms with Gasteiger partial charge in [0.25, 0.3) is 0 Å². The normalized spacial score (nSPS) is 21.3. The van der Waals surface area contributed by atoms with Crippen molar-refractivity contribution in [2.24, 2.45) is 5.73 Å². The van der Waals surface area contributed by atoms with Crippen molar-refractivity contribution in [3.8, 4) is 5.75 Å². The van der Waals surface area contributed by atoms with Crippen LogP contribution in [-0.2, 0) is 11.2 Å². The number of benzene rings is 1. The van der Waals surface area contributed by atoms with Crippen LogP contribution in [0.4, 0.5) is 0 Å². The number of nitrogens with zero attached hydrogens (tertiary/aromatic N) is 1. The zero-order valence-electron chi connectivity index (χ0n) is 13.7. The van der Waals surface area contributed by atoms with Gasteiger partial charge in [-0.25, -0.2) is 0 Å². The Kier molecular flexibility index (Phi) is 5.62. The van der Waals surface area contributed by atoms with E-state index in [1.165, 1.54) is 16.7 Å². The maximum absolute atomic E-state index is 6.03. The first-order chi connectivity index (χ1) is 9.95. The molecule has 0 spiro atoms. The first-order valence-corrected chi connectivity index (χ1v) is 7.74. The molecule has 21 heavy (non-hydrogen) atoms. The van der Waals surface area contributed by atoms with E-state index in [-0.39, 0.29) is 12.1 Å². The maximum atomic E-state index is 6.03. The third-order valence-corrected chi connectivity index (χ3v) is 3.83. The van der Waals surface area contributed by atoms with Crippen LogP contribution in [0.3, 0.4) is 0 Å². The van der Waals surface area contributed by atoms with Crippen molar-refractivity contribution in [2.45, 2.75) is 39.3 Å². The first kappa shape index (κ1) is 16.3. The topological polar surface area (TPSA) is 47.7 Å². The molecule has 2 unspecified atom stereocenters. The van der Waals surface area contributed by atoms with Gasteiger partial charge in [-0.2, -0.15) is 0 Å². The summed E-state index contributed by atoms with van der Waals surface area (Å²) in [4.78, 5) is 2.28. The van der Waals surface area contributed by atoms with Crippen molar-refractivity contribution in [3.63, 3.8) is 0 Å². The van der Waals surface area contributed by atoms with Gasteiger partial charge in [-0.1, -0.05) is 12.1 Å². The molecule has 2 N–H and O–H groups in total. The summed E-state index contributed by atoms with van der Waals surface area (Å²) in [6.07, 6.45) is 1.06. The summed E-state index contributed by atoms with van der Waals surface area (Å²) in [7, 11) is 2.12. The summed E-state index contributed by atoms with van der Waals surface area (Å²) in [5.41, 5.74) is 9.51. The fourth-order valence-corrected chi connectivity index (χ4v) is 2.90.